The van der Waals surface area contributed by atoms with Crippen molar-refractivity contribution in [3.05, 3.63) is 5.01 Å². The highest BCUT2D eigenvalue weighted by Gasteiger charge is 2.22. The Morgan fingerprint density at radius 1 is 1.14 bits per heavy atom. The first-order chi connectivity index (χ1) is 10.3. The first-order valence-corrected chi connectivity index (χ1v) is 8.97. The Balaban J connectivity index is 1.50. The number of hydrogen-bond acceptors (Lipinski definition) is 5. The Kier molecular flexibility index (Phi) is 5.19. The summed E-state index contributed by atoms with van der Waals surface area (Å²) in [7, 11) is 0. The van der Waals surface area contributed by atoms with Crippen molar-refractivity contribution in [3.8, 4) is 0 Å². The molecular formula is C15H24N4OS. The van der Waals surface area contributed by atoms with Crippen LogP contribution >= 0.6 is 11.3 Å². The van der Waals surface area contributed by atoms with Crippen LogP contribution < -0.4 is 10.6 Å². The van der Waals surface area contributed by atoms with Crippen LogP contribution in [0.4, 0.5) is 5.13 Å². The summed E-state index contributed by atoms with van der Waals surface area (Å²) in [6.07, 6.45) is 9.57. The molecule has 1 saturated heterocycles. The van der Waals surface area contributed by atoms with E-state index in [1.807, 2.05) is 0 Å². The molecular weight excluding hydrogens is 284 g/mol. The van der Waals surface area contributed by atoms with Crippen LogP contribution in [0.15, 0.2) is 0 Å². The number of hydrogen-bond donors (Lipinski definition) is 2. The molecule has 0 unspecified atom stereocenters. The van der Waals surface area contributed by atoms with E-state index in [9.17, 15) is 4.79 Å². The summed E-state index contributed by atoms with van der Waals surface area (Å²) in [5.41, 5.74) is 0. The Labute approximate surface area is 129 Å². The van der Waals surface area contributed by atoms with Crippen LogP contribution in [-0.2, 0) is 11.2 Å². The smallest absolute Gasteiger partial charge is 0.229 e. The highest BCUT2D eigenvalue weighted by atomic mass is 32.1. The number of amides is 1. The third-order valence-electron chi connectivity index (χ3n) is 4.59. The third-order valence-corrected chi connectivity index (χ3v) is 5.46. The largest absolute Gasteiger partial charge is 0.317 e. The van der Waals surface area contributed by atoms with Crippen molar-refractivity contribution in [3.63, 3.8) is 0 Å². The van der Waals surface area contributed by atoms with Gasteiger partial charge in [0.05, 0.1) is 0 Å². The number of nitrogens with zero attached hydrogens (tertiary/aromatic N) is 2. The van der Waals surface area contributed by atoms with Gasteiger partial charge in [0.15, 0.2) is 0 Å². The lowest BCUT2D eigenvalue weighted by Gasteiger charge is -2.21. The van der Waals surface area contributed by atoms with Crippen LogP contribution in [0.1, 0.15) is 50.0 Å². The third kappa shape index (κ3) is 4.23. The van der Waals surface area contributed by atoms with Crippen molar-refractivity contribution in [1.82, 2.24) is 15.5 Å². The molecule has 1 amide bonds. The molecule has 2 aliphatic rings. The van der Waals surface area contributed by atoms with Crippen LogP contribution in [-0.4, -0.2) is 29.2 Å². The van der Waals surface area contributed by atoms with E-state index in [4.69, 9.17) is 0 Å². The summed E-state index contributed by atoms with van der Waals surface area (Å²) >= 11 is 1.55. The molecule has 1 aliphatic heterocycles. The molecule has 0 radical (unpaired) electrons. The van der Waals surface area contributed by atoms with Crippen LogP contribution in [0.25, 0.3) is 0 Å². The molecule has 1 aliphatic carbocycles. The normalized spacial score (nSPS) is 21.3. The van der Waals surface area contributed by atoms with E-state index in [0.717, 1.165) is 43.3 Å². The van der Waals surface area contributed by atoms with Crippen LogP contribution in [0.2, 0.25) is 0 Å². The van der Waals surface area contributed by atoms with Gasteiger partial charge in [0, 0.05) is 12.3 Å². The standard InChI is InChI=1S/C15H24N4OS/c20-14(12-6-8-16-9-7-12)17-15-19-18-13(21-15)10-11-4-2-1-3-5-11/h11-12,16H,1-10H2,(H,17,19,20). The van der Waals surface area contributed by atoms with Gasteiger partial charge in [0.25, 0.3) is 0 Å². The maximum atomic E-state index is 12.2. The lowest BCUT2D eigenvalue weighted by Crippen LogP contribution is -2.34. The number of rotatable bonds is 4. The van der Waals surface area contributed by atoms with E-state index >= 15 is 0 Å². The van der Waals surface area contributed by atoms with Gasteiger partial charge in [-0.3, -0.25) is 4.79 Å². The van der Waals surface area contributed by atoms with Crippen LogP contribution in [0.3, 0.4) is 0 Å². The van der Waals surface area contributed by atoms with Gasteiger partial charge in [-0.05, 0) is 31.8 Å². The number of carbonyl (C=O) groups is 1. The zero-order valence-electron chi connectivity index (χ0n) is 12.4. The highest BCUT2D eigenvalue weighted by molar-refractivity contribution is 7.15. The zero-order chi connectivity index (χ0) is 14.5. The predicted octanol–water partition coefficient (Wildman–Crippen LogP) is 2.60. The van der Waals surface area contributed by atoms with Crippen molar-refractivity contribution < 1.29 is 4.79 Å². The topological polar surface area (TPSA) is 66.9 Å². The summed E-state index contributed by atoms with van der Waals surface area (Å²) < 4.78 is 0. The van der Waals surface area contributed by atoms with Gasteiger partial charge in [-0.15, -0.1) is 10.2 Å². The maximum absolute atomic E-state index is 12.2. The van der Waals surface area contributed by atoms with Gasteiger partial charge < -0.3 is 10.6 Å². The van der Waals surface area contributed by atoms with Crippen molar-refractivity contribution in [1.29, 1.82) is 0 Å². The van der Waals surface area contributed by atoms with Gasteiger partial charge in [-0.2, -0.15) is 0 Å². The summed E-state index contributed by atoms with van der Waals surface area (Å²) in [4.78, 5) is 12.2. The van der Waals surface area contributed by atoms with Crippen molar-refractivity contribution in [2.24, 2.45) is 11.8 Å². The Morgan fingerprint density at radius 2 is 1.90 bits per heavy atom. The summed E-state index contributed by atoms with van der Waals surface area (Å²) in [6.45, 7) is 1.86. The molecule has 5 nitrogen and oxygen atoms in total. The van der Waals surface area contributed by atoms with Crippen LogP contribution in [0.5, 0.6) is 0 Å². The lowest BCUT2D eigenvalue weighted by atomic mass is 9.87. The predicted molar refractivity (Wildman–Crippen MR) is 84.4 cm³/mol. The first kappa shape index (κ1) is 14.9. The second-order valence-corrected chi connectivity index (χ2v) is 7.28. The summed E-state index contributed by atoms with van der Waals surface area (Å²) in [5.74, 6) is 0.994. The maximum Gasteiger partial charge on any atom is 0.229 e. The number of aromatic nitrogens is 2. The van der Waals surface area contributed by atoms with Crippen molar-refractivity contribution in [2.45, 2.75) is 51.4 Å². The highest BCUT2D eigenvalue weighted by Crippen LogP contribution is 2.28. The fourth-order valence-corrected chi connectivity index (χ4v) is 4.17. The SMILES string of the molecule is O=C(Nc1nnc(CC2CCCCC2)s1)C1CCNCC1. The van der Waals surface area contributed by atoms with Gasteiger partial charge in [0.1, 0.15) is 5.01 Å². The first-order valence-electron chi connectivity index (χ1n) is 8.15. The van der Waals surface area contributed by atoms with E-state index in [2.05, 4.69) is 20.8 Å². The molecule has 0 atom stereocenters. The summed E-state index contributed by atoms with van der Waals surface area (Å²) in [6, 6.07) is 0. The Bertz CT molecular complexity index is 464. The van der Waals surface area contributed by atoms with Crippen LogP contribution in [0, 0.1) is 11.8 Å². The number of anilines is 1. The minimum atomic E-state index is 0.108. The minimum absolute atomic E-state index is 0.108. The number of nitrogens with one attached hydrogen (secondary N) is 2. The zero-order valence-corrected chi connectivity index (χ0v) is 13.3. The van der Waals surface area contributed by atoms with Gasteiger partial charge >= 0.3 is 0 Å². The van der Waals surface area contributed by atoms with Crippen molar-refractivity contribution in [2.75, 3.05) is 18.4 Å². The molecule has 116 valence electrons. The minimum Gasteiger partial charge on any atom is -0.317 e. The molecule has 1 saturated carbocycles. The second kappa shape index (κ2) is 7.31. The molecule has 1 aromatic rings. The molecule has 2 heterocycles. The fourth-order valence-electron chi connectivity index (χ4n) is 3.32. The van der Waals surface area contributed by atoms with E-state index in [1.165, 1.54) is 32.1 Å². The molecule has 0 spiro atoms. The van der Waals surface area contributed by atoms with E-state index in [0.29, 0.717) is 5.13 Å². The Morgan fingerprint density at radius 3 is 2.67 bits per heavy atom. The fraction of sp³-hybridized carbons (Fsp3) is 0.800. The molecule has 21 heavy (non-hydrogen) atoms. The quantitative estimate of drug-likeness (QED) is 0.897. The molecule has 2 fully saturated rings. The molecule has 0 bridgehead atoms. The van der Waals surface area contributed by atoms with E-state index in [1.54, 1.807) is 11.3 Å². The Hall–Kier alpha value is -1.01. The molecule has 0 aromatic carbocycles. The molecule has 2 N–H and O–H groups in total. The van der Waals surface area contributed by atoms with Gasteiger partial charge in [-0.25, -0.2) is 0 Å². The molecule has 3 rings (SSSR count). The summed E-state index contributed by atoms with van der Waals surface area (Å²) in [5, 5.41) is 16.4. The monoisotopic (exact) mass is 308 g/mol. The average molecular weight is 308 g/mol. The lowest BCUT2D eigenvalue weighted by molar-refractivity contribution is -0.120. The average Bonchev–Trinajstić information content (AvgIpc) is 2.96. The van der Waals surface area contributed by atoms with Crippen molar-refractivity contribution >= 4 is 22.4 Å². The number of carbonyl (C=O) groups excluding carboxylic acids is 1. The second-order valence-electron chi connectivity index (χ2n) is 6.22. The van der Waals surface area contributed by atoms with E-state index < -0.39 is 0 Å². The van der Waals surface area contributed by atoms with Gasteiger partial charge in [-0.1, -0.05) is 43.4 Å². The number of piperidine rings is 1. The molecule has 6 heteroatoms. The van der Waals surface area contributed by atoms with E-state index in [-0.39, 0.29) is 11.8 Å². The molecule has 1 aromatic heterocycles. The van der Waals surface area contributed by atoms with Gasteiger partial charge in [0.2, 0.25) is 11.0 Å².